The lowest BCUT2D eigenvalue weighted by atomic mass is 10.0. The van der Waals surface area contributed by atoms with E-state index in [4.69, 9.17) is 16.9 Å². The maximum atomic E-state index is 12.2. The van der Waals surface area contributed by atoms with E-state index in [1.54, 1.807) is 12.4 Å². The molecule has 3 heterocycles. The van der Waals surface area contributed by atoms with Gasteiger partial charge in [0.05, 0.1) is 22.9 Å². The third-order valence-corrected chi connectivity index (χ3v) is 5.72. The van der Waals surface area contributed by atoms with Gasteiger partial charge in [0.15, 0.2) is 0 Å². The quantitative estimate of drug-likeness (QED) is 0.546. The molecule has 0 radical (unpaired) electrons. The van der Waals surface area contributed by atoms with Crippen molar-refractivity contribution in [1.29, 1.82) is 5.26 Å². The number of fused-ring (bicyclic) bond motifs is 2. The number of nitrogens with zero attached hydrogens (tertiary/aromatic N) is 4. The van der Waals surface area contributed by atoms with Crippen LogP contribution in [0, 0.1) is 23.2 Å². The normalized spacial score (nSPS) is 18.0. The average molecular weight is 402 g/mol. The molecule has 1 fully saturated rings. The summed E-state index contributed by atoms with van der Waals surface area (Å²) in [4.78, 5) is 21.0. The second-order valence-electron chi connectivity index (χ2n) is 7.34. The number of aromatic nitrogens is 3. The number of carbonyl (C=O) groups is 1. The Morgan fingerprint density at radius 1 is 1.28 bits per heavy atom. The average Bonchev–Trinajstić information content (AvgIpc) is 3.43. The minimum absolute atomic E-state index is 0.161. The second kappa shape index (κ2) is 6.57. The van der Waals surface area contributed by atoms with Crippen LogP contribution in [0.1, 0.15) is 6.42 Å². The van der Waals surface area contributed by atoms with E-state index in [0.29, 0.717) is 17.3 Å². The van der Waals surface area contributed by atoms with Crippen LogP contribution in [0.4, 0.5) is 5.82 Å². The lowest BCUT2D eigenvalue weighted by molar-refractivity contribution is -0.117. The number of nitrogens with one attached hydrogen (secondary N) is 1. The van der Waals surface area contributed by atoms with Crippen LogP contribution >= 0.6 is 11.6 Å². The number of halogens is 1. The maximum absolute atomic E-state index is 12.2. The van der Waals surface area contributed by atoms with Gasteiger partial charge in [0.25, 0.3) is 0 Å². The van der Waals surface area contributed by atoms with Gasteiger partial charge in [-0.3, -0.25) is 4.79 Å². The maximum Gasteiger partial charge on any atom is 0.230 e. The first kappa shape index (κ1) is 17.7. The zero-order valence-corrected chi connectivity index (χ0v) is 16.3. The molecule has 1 aliphatic rings. The van der Waals surface area contributed by atoms with Gasteiger partial charge in [-0.15, -0.1) is 0 Å². The SMILES string of the molecule is Cn1ccc2c(-c3cc(Cl)c4cnc(NC(=O)C5CC5C#N)cc4c3)ccnc21. The standard InChI is InChI=1S/C22H16ClN5O/c1-28-5-3-16-15(2-4-25-21(16)28)12-6-13-9-20(26-11-18(13)19(23)8-12)27-22(29)17-7-14(17)10-24/h2-6,8-9,11,14,17H,7H2,1H3,(H,26,27,29). The van der Waals surface area contributed by atoms with Gasteiger partial charge in [-0.2, -0.15) is 5.26 Å². The van der Waals surface area contributed by atoms with Crippen LogP contribution in [-0.2, 0) is 11.8 Å². The number of rotatable bonds is 3. The van der Waals surface area contributed by atoms with Crippen molar-refractivity contribution in [2.45, 2.75) is 6.42 Å². The van der Waals surface area contributed by atoms with Crippen LogP contribution in [0.5, 0.6) is 0 Å². The number of aryl methyl sites for hydroxylation is 1. The molecular weight excluding hydrogens is 386 g/mol. The molecule has 3 aromatic heterocycles. The minimum Gasteiger partial charge on any atom is -0.336 e. The number of pyridine rings is 2. The Bertz CT molecular complexity index is 1340. The third kappa shape index (κ3) is 3.00. The zero-order valence-electron chi connectivity index (χ0n) is 15.6. The summed E-state index contributed by atoms with van der Waals surface area (Å²) in [5, 5.41) is 15.1. The Hall–Kier alpha value is -3.43. The van der Waals surface area contributed by atoms with Gasteiger partial charge in [0, 0.05) is 36.4 Å². The van der Waals surface area contributed by atoms with Gasteiger partial charge < -0.3 is 9.88 Å². The summed E-state index contributed by atoms with van der Waals surface area (Å²) < 4.78 is 1.98. The van der Waals surface area contributed by atoms with Gasteiger partial charge in [0.1, 0.15) is 11.5 Å². The molecule has 0 spiro atoms. The molecule has 5 rings (SSSR count). The van der Waals surface area contributed by atoms with E-state index in [0.717, 1.165) is 32.9 Å². The molecule has 2 unspecified atom stereocenters. The van der Waals surface area contributed by atoms with Crippen LogP contribution in [0.25, 0.3) is 32.9 Å². The van der Waals surface area contributed by atoms with Crippen molar-refractivity contribution in [1.82, 2.24) is 14.5 Å². The number of hydrogen-bond acceptors (Lipinski definition) is 4. The first-order chi connectivity index (χ1) is 14.0. The van der Waals surface area contributed by atoms with E-state index < -0.39 is 0 Å². The highest BCUT2D eigenvalue weighted by atomic mass is 35.5. The first-order valence-electron chi connectivity index (χ1n) is 9.25. The van der Waals surface area contributed by atoms with Crippen molar-refractivity contribution >= 4 is 45.1 Å². The molecule has 6 nitrogen and oxygen atoms in total. The topological polar surface area (TPSA) is 83.6 Å². The van der Waals surface area contributed by atoms with Gasteiger partial charge in [0.2, 0.25) is 5.91 Å². The lowest BCUT2D eigenvalue weighted by Crippen LogP contribution is -2.15. The Labute approximate surface area is 171 Å². The van der Waals surface area contributed by atoms with E-state index in [1.165, 1.54) is 0 Å². The number of benzene rings is 1. The van der Waals surface area contributed by atoms with Gasteiger partial charge in [-0.1, -0.05) is 11.6 Å². The Balaban J connectivity index is 1.56. The van der Waals surface area contributed by atoms with Crippen molar-refractivity contribution in [3.05, 3.63) is 53.9 Å². The van der Waals surface area contributed by atoms with E-state index in [9.17, 15) is 4.79 Å². The molecule has 0 aliphatic heterocycles. The van der Waals surface area contributed by atoms with E-state index >= 15 is 0 Å². The van der Waals surface area contributed by atoms with Gasteiger partial charge in [-0.05, 0) is 53.3 Å². The van der Waals surface area contributed by atoms with Crippen LogP contribution in [0.2, 0.25) is 5.02 Å². The van der Waals surface area contributed by atoms with E-state index in [2.05, 4.69) is 21.4 Å². The number of amides is 1. The summed E-state index contributed by atoms with van der Waals surface area (Å²) in [6.45, 7) is 0. The van der Waals surface area contributed by atoms with Crippen molar-refractivity contribution in [3.63, 3.8) is 0 Å². The van der Waals surface area contributed by atoms with Crippen LogP contribution in [0.15, 0.2) is 48.9 Å². The van der Waals surface area contributed by atoms with Crippen molar-refractivity contribution < 1.29 is 4.79 Å². The highest BCUT2D eigenvalue weighted by Crippen LogP contribution is 2.39. The van der Waals surface area contributed by atoms with E-state index in [-0.39, 0.29) is 17.7 Å². The largest absolute Gasteiger partial charge is 0.336 e. The Kier molecular flexibility index (Phi) is 4.00. The predicted octanol–water partition coefficient (Wildman–Crippen LogP) is 4.54. The minimum atomic E-state index is -0.240. The van der Waals surface area contributed by atoms with Gasteiger partial charge >= 0.3 is 0 Å². The Morgan fingerprint density at radius 3 is 2.93 bits per heavy atom. The predicted molar refractivity (Wildman–Crippen MR) is 112 cm³/mol. The molecule has 29 heavy (non-hydrogen) atoms. The third-order valence-electron chi connectivity index (χ3n) is 5.41. The molecule has 1 saturated carbocycles. The molecule has 0 saturated heterocycles. The summed E-state index contributed by atoms with van der Waals surface area (Å²) in [5.41, 5.74) is 2.91. The highest BCUT2D eigenvalue weighted by molar-refractivity contribution is 6.36. The van der Waals surface area contributed by atoms with Crippen molar-refractivity contribution in [3.8, 4) is 17.2 Å². The van der Waals surface area contributed by atoms with Crippen LogP contribution in [0.3, 0.4) is 0 Å². The molecule has 1 N–H and O–H groups in total. The summed E-state index contributed by atoms with van der Waals surface area (Å²) in [6, 6.07) is 11.9. The lowest BCUT2D eigenvalue weighted by Gasteiger charge is -2.10. The summed E-state index contributed by atoms with van der Waals surface area (Å²) >= 11 is 6.54. The molecule has 4 aromatic rings. The van der Waals surface area contributed by atoms with Crippen molar-refractivity contribution in [2.75, 3.05) is 5.32 Å². The number of hydrogen-bond donors (Lipinski definition) is 1. The van der Waals surface area contributed by atoms with Gasteiger partial charge in [-0.25, -0.2) is 9.97 Å². The summed E-state index contributed by atoms with van der Waals surface area (Å²) in [6.07, 6.45) is 6.04. The zero-order chi connectivity index (χ0) is 20.1. The molecule has 7 heteroatoms. The fraction of sp³-hybridized carbons (Fsp3) is 0.182. The monoisotopic (exact) mass is 401 g/mol. The smallest absolute Gasteiger partial charge is 0.230 e. The fourth-order valence-electron chi connectivity index (χ4n) is 3.70. The molecular formula is C22H16ClN5O. The molecule has 0 bridgehead atoms. The molecule has 1 aliphatic carbocycles. The first-order valence-corrected chi connectivity index (χ1v) is 9.63. The Morgan fingerprint density at radius 2 is 2.14 bits per heavy atom. The second-order valence-corrected chi connectivity index (χ2v) is 7.75. The summed E-state index contributed by atoms with van der Waals surface area (Å²) in [5.74, 6) is -0.128. The molecule has 1 aromatic carbocycles. The highest BCUT2D eigenvalue weighted by Gasteiger charge is 2.43. The van der Waals surface area contributed by atoms with E-state index in [1.807, 2.05) is 48.1 Å². The van der Waals surface area contributed by atoms with Crippen LogP contribution < -0.4 is 5.32 Å². The molecule has 1 amide bonds. The van der Waals surface area contributed by atoms with Crippen LogP contribution in [-0.4, -0.2) is 20.4 Å². The summed E-state index contributed by atoms with van der Waals surface area (Å²) in [7, 11) is 1.96. The number of nitriles is 1. The van der Waals surface area contributed by atoms with Crippen molar-refractivity contribution in [2.24, 2.45) is 18.9 Å². The fourth-order valence-corrected chi connectivity index (χ4v) is 3.98. The number of anilines is 1. The number of carbonyl (C=O) groups excluding carboxylic acids is 1. The molecule has 2 atom stereocenters. The molecule has 142 valence electrons.